The zero-order chi connectivity index (χ0) is 16.2. The van der Waals surface area contributed by atoms with Crippen LogP contribution in [0.3, 0.4) is 0 Å². The van der Waals surface area contributed by atoms with Crippen LogP contribution in [0.2, 0.25) is 0 Å². The number of nitrogens with two attached hydrogens (primary N) is 1. The number of nitrogen functional groups attached to an aromatic ring is 1. The summed E-state index contributed by atoms with van der Waals surface area (Å²) in [4.78, 5) is 14.3. The van der Waals surface area contributed by atoms with Gasteiger partial charge < -0.3 is 16.0 Å². The lowest BCUT2D eigenvalue weighted by molar-refractivity contribution is 0.0960. The molecule has 0 spiro atoms. The summed E-state index contributed by atoms with van der Waals surface area (Å²) in [6, 6.07) is 0. The van der Waals surface area contributed by atoms with Crippen molar-refractivity contribution in [3.8, 4) is 0 Å². The molecule has 0 radical (unpaired) electrons. The highest BCUT2D eigenvalue weighted by Gasteiger charge is 2.29. The summed E-state index contributed by atoms with van der Waals surface area (Å²) in [5, 5.41) is 3.22. The number of anilines is 2. The molecule has 0 saturated carbocycles. The minimum absolute atomic E-state index is 0.0537. The average Bonchev–Trinajstić information content (AvgIpc) is 2.73. The Balaban J connectivity index is 3.48. The van der Waals surface area contributed by atoms with E-state index in [4.69, 9.17) is 5.73 Å². The molecule has 6 nitrogen and oxygen atoms in total. The van der Waals surface area contributed by atoms with E-state index in [-0.39, 0.29) is 21.4 Å². The van der Waals surface area contributed by atoms with Gasteiger partial charge in [-0.15, -0.1) is 11.3 Å². The highest BCUT2D eigenvalue weighted by atomic mass is 32.2. The maximum Gasteiger partial charge on any atom is 0.263 e. The summed E-state index contributed by atoms with van der Waals surface area (Å²) in [6.45, 7) is 7.61. The lowest BCUT2D eigenvalue weighted by atomic mass is 10.3. The molecule has 120 valence electrons. The molecule has 0 aromatic carbocycles. The van der Waals surface area contributed by atoms with Crippen LogP contribution in [0.15, 0.2) is 4.90 Å². The number of sulfone groups is 1. The first-order valence-electron chi connectivity index (χ1n) is 6.93. The first-order valence-corrected chi connectivity index (χ1v) is 9.64. The highest BCUT2D eigenvalue weighted by Crippen LogP contribution is 2.41. The molecule has 1 rings (SSSR count). The molecule has 0 aliphatic rings. The van der Waals surface area contributed by atoms with Crippen LogP contribution >= 0.6 is 11.3 Å². The molecule has 8 heteroatoms. The van der Waals surface area contributed by atoms with Gasteiger partial charge in [-0.1, -0.05) is 6.92 Å². The third-order valence-corrected chi connectivity index (χ3v) is 5.51. The average molecular weight is 333 g/mol. The standard InChI is InChI=1S/C13H23N3O3S2/c1-5-8-16(7-3)13-11(21(4,18)19)9(14)10(20-13)12(17)15-6-2/h5-8,14H2,1-4H3,(H,15,17). The van der Waals surface area contributed by atoms with Crippen molar-refractivity contribution in [3.05, 3.63) is 4.88 Å². The number of hydrogen-bond acceptors (Lipinski definition) is 6. The van der Waals surface area contributed by atoms with Gasteiger partial charge in [0.2, 0.25) is 0 Å². The fourth-order valence-electron chi connectivity index (χ4n) is 2.07. The van der Waals surface area contributed by atoms with Gasteiger partial charge in [0, 0.05) is 25.9 Å². The van der Waals surface area contributed by atoms with Crippen LogP contribution in [0.25, 0.3) is 0 Å². The maximum atomic E-state index is 12.1. The molecule has 0 unspecified atom stereocenters. The van der Waals surface area contributed by atoms with Gasteiger partial charge in [-0.25, -0.2) is 8.42 Å². The van der Waals surface area contributed by atoms with Crippen molar-refractivity contribution in [3.63, 3.8) is 0 Å². The lowest BCUT2D eigenvalue weighted by Crippen LogP contribution is -2.24. The van der Waals surface area contributed by atoms with Gasteiger partial charge in [0.1, 0.15) is 14.8 Å². The Bertz CT molecular complexity index is 608. The van der Waals surface area contributed by atoms with Crippen LogP contribution in [0.1, 0.15) is 36.9 Å². The molecule has 0 bridgehead atoms. The first-order chi connectivity index (χ1) is 9.77. The van der Waals surface area contributed by atoms with E-state index in [0.29, 0.717) is 24.6 Å². The molecule has 0 aliphatic heterocycles. The second-order valence-electron chi connectivity index (χ2n) is 4.69. The van der Waals surface area contributed by atoms with Gasteiger partial charge in [-0.2, -0.15) is 0 Å². The molecule has 1 aromatic rings. The van der Waals surface area contributed by atoms with Crippen LogP contribution in [0.4, 0.5) is 10.7 Å². The Hall–Kier alpha value is -1.28. The normalized spacial score (nSPS) is 11.4. The first kappa shape index (κ1) is 17.8. The Kier molecular flexibility index (Phi) is 6.03. The number of nitrogens with zero attached hydrogens (tertiary/aromatic N) is 1. The van der Waals surface area contributed by atoms with Gasteiger partial charge in [-0.05, 0) is 20.3 Å². The summed E-state index contributed by atoms with van der Waals surface area (Å²) >= 11 is 1.14. The third-order valence-electron chi connectivity index (χ3n) is 2.96. The molecular formula is C13H23N3O3S2. The fraction of sp³-hybridized carbons (Fsp3) is 0.615. The monoisotopic (exact) mass is 333 g/mol. The number of amides is 1. The minimum Gasteiger partial charge on any atom is -0.396 e. The molecule has 1 amide bonds. The Morgan fingerprint density at radius 2 is 1.95 bits per heavy atom. The number of hydrogen-bond donors (Lipinski definition) is 2. The van der Waals surface area contributed by atoms with Crippen molar-refractivity contribution in [2.24, 2.45) is 0 Å². The zero-order valence-electron chi connectivity index (χ0n) is 12.9. The SMILES string of the molecule is CCCN(CC)c1sc(C(=O)NCC)c(N)c1S(C)(=O)=O. The van der Waals surface area contributed by atoms with Crippen molar-refractivity contribution in [2.75, 3.05) is 36.5 Å². The van der Waals surface area contributed by atoms with Crippen LogP contribution < -0.4 is 16.0 Å². The Morgan fingerprint density at radius 1 is 1.33 bits per heavy atom. The van der Waals surface area contributed by atoms with Gasteiger partial charge in [0.05, 0.1) is 5.69 Å². The summed E-state index contributed by atoms with van der Waals surface area (Å²) in [5.41, 5.74) is 6.01. The number of carbonyl (C=O) groups excluding carboxylic acids is 1. The molecule has 1 aromatic heterocycles. The maximum absolute atomic E-state index is 12.1. The van der Waals surface area contributed by atoms with Crippen molar-refractivity contribution >= 4 is 37.8 Å². The van der Waals surface area contributed by atoms with E-state index in [2.05, 4.69) is 5.32 Å². The highest BCUT2D eigenvalue weighted by molar-refractivity contribution is 7.91. The number of rotatable bonds is 7. The predicted molar refractivity (Wildman–Crippen MR) is 88.0 cm³/mol. The van der Waals surface area contributed by atoms with Crippen molar-refractivity contribution in [1.82, 2.24) is 5.32 Å². The second kappa shape index (κ2) is 7.13. The molecule has 0 atom stereocenters. The largest absolute Gasteiger partial charge is 0.396 e. The molecular weight excluding hydrogens is 310 g/mol. The fourth-order valence-corrected chi connectivity index (χ4v) is 4.78. The minimum atomic E-state index is -3.50. The van der Waals surface area contributed by atoms with Crippen molar-refractivity contribution in [1.29, 1.82) is 0 Å². The van der Waals surface area contributed by atoms with E-state index in [1.807, 2.05) is 18.7 Å². The second-order valence-corrected chi connectivity index (χ2v) is 7.64. The number of carbonyl (C=O) groups is 1. The third kappa shape index (κ3) is 3.88. The van der Waals surface area contributed by atoms with Crippen LogP contribution in [0.5, 0.6) is 0 Å². The smallest absolute Gasteiger partial charge is 0.263 e. The van der Waals surface area contributed by atoms with Gasteiger partial charge in [-0.3, -0.25) is 4.79 Å². The van der Waals surface area contributed by atoms with Gasteiger partial charge in [0.15, 0.2) is 9.84 Å². The lowest BCUT2D eigenvalue weighted by Gasteiger charge is -2.21. The number of thiophene rings is 1. The van der Waals surface area contributed by atoms with Crippen molar-refractivity contribution < 1.29 is 13.2 Å². The molecule has 0 fully saturated rings. The molecule has 1 heterocycles. The molecule has 3 N–H and O–H groups in total. The predicted octanol–water partition coefficient (Wildman–Crippen LogP) is 1.72. The van der Waals surface area contributed by atoms with Gasteiger partial charge in [0.25, 0.3) is 5.91 Å². The van der Waals surface area contributed by atoms with E-state index < -0.39 is 9.84 Å². The van der Waals surface area contributed by atoms with E-state index in [9.17, 15) is 13.2 Å². The van der Waals surface area contributed by atoms with Crippen LogP contribution in [-0.4, -0.2) is 40.2 Å². The van der Waals surface area contributed by atoms with E-state index in [0.717, 1.165) is 24.0 Å². The molecule has 21 heavy (non-hydrogen) atoms. The zero-order valence-corrected chi connectivity index (χ0v) is 14.5. The summed E-state index contributed by atoms with van der Waals surface area (Å²) in [6.07, 6.45) is 2.00. The quantitative estimate of drug-likeness (QED) is 0.792. The summed E-state index contributed by atoms with van der Waals surface area (Å²) < 4.78 is 24.1. The summed E-state index contributed by atoms with van der Waals surface area (Å²) in [5.74, 6) is -0.330. The number of nitrogens with one attached hydrogen (secondary N) is 1. The van der Waals surface area contributed by atoms with Crippen molar-refractivity contribution in [2.45, 2.75) is 32.1 Å². The van der Waals surface area contributed by atoms with E-state index in [1.165, 1.54) is 0 Å². The molecule has 0 saturated heterocycles. The Morgan fingerprint density at radius 3 is 2.38 bits per heavy atom. The topological polar surface area (TPSA) is 92.5 Å². The van der Waals surface area contributed by atoms with E-state index in [1.54, 1.807) is 6.92 Å². The van der Waals surface area contributed by atoms with Gasteiger partial charge >= 0.3 is 0 Å². The van der Waals surface area contributed by atoms with Crippen LogP contribution in [0, 0.1) is 0 Å². The van der Waals surface area contributed by atoms with Crippen LogP contribution in [-0.2, 0) is 9.84 Å². The summed E-state index contributed by atoms with van der Waals surface area (Å²) in [7, 11) is -3.50. The van der Waals surface area contributed by atoms with E-state index >= 15 is 0 Å². The Labute approximate surface area is 130 Å². The molecule has 0 aliphatic carbocycles.